The lowest BCUT2D eigenvalue weighted by atomic mass is 9.89. The number of aliphatic hydroxyl groups excluding tert-OH is 1. The summed E-state index contributed by atoms with van der Waals surface area (Å²) < 4.78 is 7.23. The fourth-order valence-electron chi connectivity index (χ4n) is 3.26. The van der Waals surface area contributed by atoms with E-state index in [1.165, 1.54) is 21.2 Å². The van der Waals surface area contributed by atoms with Crippen LogP contribution in [0.15, 0.2) is 34.8 Å². The number of aryl methyl sites for hydroxylation is 1. The van der Waals surface area contributed by atoms with E-state index in [-0.39, 0.29) is 0 Å². The van der Waals surface area contributed by atoms with Crippen molar-refractivity contribution in [3.05, 3.63) is 57.1 Å². The fourth-order valence-corrected chi connectivity index (χ4v) is 4.08. The van der Waals surface area contributed by atoms with Gasteiger partial charge in [-0.3, -0.25) is 0 Å². The molecule has 2 aliphatic rings. The maximum Gasteiger partial charge on any atom is 0.128 e. The molecule has 0 aromatic heterocycles. The molecule has 0 spiro atoms. The summed E-state index contributed by atoms with van der Waals surface area (Å²) >= 11 is 6.93. The maximum absolute atomic E-state index is 10.0. The summed E-state index contributed by atoms with van der Waals surface area (Å²) in [5, 5.41) is 10.6. The van der Waals surface area contributed by atoms with Gasteiger partial charge in [0.2, 0.25) is 0 Å². The highest BCUT2D eigenvalue weighted by Gasteiger charge is 2.21. The van der Waals surface area contributed by atoms with E-state index in [2.05, 4.69) is 62.2 Å². The van der Waals surface area contributed by atoms with Crippen molar-refractivity contribution < 1.29 is 9.84 Å². The monoisotopic (exact) mass is 434 g/mol. The molecular formula is C19H16Br2O2. The van der Waals surface area contributed by atoms with Crippen LogP contribution in [-0.2, 0) is 13.0 Å². The first-order valence-electron chi connectivity index (χ1n) is 7.68. The Bertz CT molecular complexity index is 811. The molecule has 0 saturated carbocycles. The van der Waals surface area contributed by atoms with Gasteiger partial charge in [-0.1, -0.05) is 44.0 Å². The number of hydrogen-bond acceptors (Lipinski definition) is 2. The van der Waals surface area contributed by atoms with Gasteiger partial charge in [-0.25, -0.2) is 0 Å². The van der Waals surface area contributed by atoms with E-state index in [1.807, 2.05) is 6.07 Å². The molecule has 1 aliphatic carbocycles. The Morgan fingerprint density at radius 2 is 1.96 bits per heavy atom. The lowest BCUT2D eigenvalue weighted by molar-refractivity contribution is 0.205. The van der Waals surface area contributed by atoms with Crippen LogP contribution in [0.3, 0.4) is 0 Å². The molecule has 0 radical (unpaired) electrons. The fraction of sp³-hybridized carbons (Fsp3) is 0.263. The molecule has 1 heterocycles. The number of alkyl halides is 1. The van der Waals surface area contributed by atoms with Crippen molar-refractivity contribution >= 4 is 37.9 Å². The number of allylic oxidation sites excluding steroid dienone is 1. The van der Waals surface area contributed by atoms with E-state index < -0.39 is 6.10 Å². The standard InChI is InChI=1S/C19H16Br2O2/c20-9-18(22)12-2-4-16-14(5-12)10-23-19-8-13-6-15(21)3-1-11(13)7-17(16)19/h2,4-8,18,22H,1,3,9-10H2. The smallest absolute Gasteiger partial charge is 0.128 e. The van der Waals surface area contributed by atoms with Gasteiger partial charge in [0.25, 0.3) is 0 Å². The lowest BCUT2D eigenvalue weighted by Crippen LogP contribution is -2.09. The summed E-state index contributed by atoms with van der Waals surface area (Å²) in [4.78, 5) is 0. The van der Waals surface area contributed by atoms with Gasteiger partial charge >= 0.3 is 0 Å². The van der Waals surface area contributed by atoms with Crippen molar-refractivity contribution in [2.75, 3.05) is 5.33 Å². The molecule has 0 fully saturated rings. The van der Waals surface area contributed by atoms with Crippen LogP contribution < -0.4 is 4.74 Å². The largest absolute Gasteiger partial charge is 0.488 e. The molecular weight excluding hydrogens is 420 g/mol. The van der Waals surface area contributed by atoms with Crippen LogP contribution in [0.2, 0.25) is 0 Å². The maximum atomic E-state index is 10.0. The average molecular weight is 436 g/mol. The van der Waals surface area contributed by atoms with Crippen molar-refractivity contribution in [2.24, 2.45) is 0 Å². The Hall–Kier alpha value is -1.10. The Labute approximate surface area is 152 Å². The second-order valence-corrected chi connectivity index (χ2v) is 7.68. The van der Waals surface area contributed by atoms with Gasteiger partial charge in [-0.2, -0.15) is 0 Å². The molecule has 0 bridgehead atoms. The minimum atomic E-state index is -0.479. The summed E-state index contributed by atoms with van der Waals surface area (Å²) in [6.07, 6.45) is 3.81. The molecule has 4 rings (SSSR count). The molecule has 4 heteroatoms. The van der Waals surface area contributed by atoms with Crippen molar-refractivity contribution in [1.82, 2.24) is 0 Å². The Kier molecular flexibility index (Phi) is 4.08. The first-order valence-corrected chi connectivity index (χ1v) is 9.60. The van der Waals surface area contributed by atoms with Crippen LogP contribution in [-0.4, -0.2) is 10.4 Å². The van der Waals surface area contributed by atoms with Crippen LogP contribution in [0.5, 0.6) is 5.75 Å². The second-order valence-electron chi connectivity index (χ2n) is 6.01. The molecule has 1 N–H and O–H groups in total. The van der Waals surface area contributed by atoms with E-state index in [4.69, 9.17) is 4.74 Å². The van der Waals surface area contributed by atoms with Crippen molar-refractivity contribution in [2.45, 2.75) is 25.6 Å². The third-order valence-corrected chi connectivity index (χ3v) is 5.76. The van der Waals surface area contributed by atoms with Gasteiger partial charge < -0.3 is 9.84 Å². The highest BCUT2D eigenvalue weighted by molar-refractivity contribution is 9.11. The van der Waals surface area contributed by atoms with E-state index in [9.17, 15) is 5.11 Å². The predicted octanol–water partition coefficient (Wildman–Crippen LogP) is 5.36. The van der Waals surface area contributed by atoms with Gasteiger partial charge in [0.05, 0.1) is 6.10 Å². The molecule has 0 amide bonds. The van der Waals surface area contributed by atoms with Gasteiger partial charge in [0, 0.05) is 10.9 Å². The van der Waals surface area contributed by atoms with Crippen molar-refractivity contribution in [3.63, 3.8) is 0 Å². The predicted molar refractivity (Wildman–Crippen MR) is 100 cm³/mol. The molecule has 23 heavy (non-hydrogen) atoms. The topological polar surface area (TPSA) is 29.5 Å². The normalized spacial score (nSPS) is 16.6. The zero-order valence-corrected chi connectivity index (χ0v) is 15.7. The summed E-state index contributed by atoms with van der Waals surface area (Å²) in [5.41, 5.74) is 7.06. The third kappa shape index (κ3) is 2.77. The Balaban J connectivity index is 1.81. The molecule has 2 nitrogen and oxygen atoms in total. The number of fused-ring (bicyclic) bond motifs is 4. The highest BCUT2D eigenvalue weighted by Crippen LogP contribution is 2.42. The average Bonchev–Trinajstić information content (AvgIpc) is 2.58. The summed E-state index contributed by atoms with van der Waals surface area (Å²) in [6, 6.07) is 10.6. The first kappa shape index (κ1) is 15.4. The van der Waals surface area contributed by atoms with Crippen LogP contribution in [0, 0.1) is 0 Å². The zero-order valence-electron chi connectivity index (χ0n) is 12.5. The number of halogens is 2. The van der Waals surface area contributed by atoms with Gasteiger partial charge in [-0.15, -0.1) is 0 Å². The van der Waals surface area contributed by atoms with Crippen LogP contribution in [0.1, 0.15) is 34.8 Å². The summed E-state index contributed by atoms with van der Waals surface area (Å²) in [5.74, 6) is 0.948. The molecule has 0 saturated heterocycles. The highest BCUT2D eigenvalue weighted by atomic mass is 79.9. The zero-order chi connectivity index (χ0) is 16.0. The lowest BCUT2D eigenvalue weighted by Gasteiger charge is -2.25. The van der Waals surface area contributed by atoms with Crippen molar-refractivity contribution in [1.29, 1.82) is 0 Å². The van der Waals surface area contributed by atoms with Crippen LogP contribution in [0.25, 0.3) is 17.2 Å². The van der Waals surface area contributed by atoms with Crippen LogP contribution in [0.4, 0.5) is 0 Å². The molecule has 1 aliphatic heterocycles. The SMILES string of the molecule is OC(CBr)c1ccc2c(c1)COc1cc3c(cc1-2)CCC(Br)=C3. The number of rotatable bonds is 2. The van der Waals surface area contributed by atoms with Gasteiger partial charge in [0.1, 0.15) is 12.4 Å². The molecule has 1 atom stereocenters. The number of hydrogen-bond donors (Lipinski definition) is 1. The molecule has 2 aromatic rings. The minimum absolute atomic E-state index is 0.479. The number of benzene rings is 2. The van der Waals surface area contributed by atoms with Crippen LogP contribution >= 0.6 is 31.9 Å². The van der Waals surface area contributed by atoms with E-state index in [0.717, 1.165) is 35.3 Å². The van der Waals surface area contributed by atoms with E-state index >= 15 is 0 Å². The molecule has 2 aromatic carbocycles. The molecule has 118 valence electrons. The number of ether oxygens (including phenoxy) is 1. The van der Waals surface area contributed by atoms with Gasteiger partial charge in [0.15, 0.2) is 0 Å². The van der Waals surface area contributed by atoms with Gasteiger partial charge in [-0.05, 0) is 69.4 Å². The second kappa shape index (κ2) is 6.08. The quantitative estimate of drug-likeness (QED) is 0.643. The third-order valence-electron chi connectivity index (χ3n) is 4.52. The van der Waals surface area contributed by atoms with Crippen molar-refractivity contribution in [3.8, 4) is 16.9 Å². The number of aliphatic hydroxyl groups is 1. The summed E-state index contributed by atoms with van der Waals surface area (Å²) in [6.45, 7) is 0.550. The first-order chi connectivity index (χ1) is 11.2. The summed E-state index contributed by atoms with van der Waals surface area (Å²) in [7, 11) is 0. The Morgan fingerprint density at radius 3 is 2.78 bits per heavy atom. The Morgan fingerprint density at radius 1 is 1.09 bits per heavy atom. The minimum Gasteiger partial charge on any atom is -0.488 e. The van der Waals surface area contributed by atoms with E-state index in [0.29, 0.717) is 11.9 Å². The van der Waals surface area contributed by atoms with E-state index in [1.54, 1.807) is 0 Å². The molecule has 1 unspecified atom stereocenters.